The molecule has 2 N–H and O–H groups in total. The highest BCUT2D eigenvalue weighted by molar-refractivity contribution is 6.30. The van der Waals surface area contributed by atoms with Gasteiger partial charge in [-0.15, -0.1) is 0 Å². The van der Waals surface area contributed by atoms with Crippen molar-refractivity contribution in [3.8, 4) is 11.1 Å². The number of rotatable bonds is 3. The highest BCUT2D eigenvalue weighted by atomic mass is 35.5. The van der Waals surface area contributed by atoms with Crippen LogP contribution in [-0.4, -0.2) is 25.0 Å². The summed E-state index contributed by atoms with van der Waals surface area (Å²) in [6, 6.07) is 11.9. The van der Waals surface area contributed by atoms with E-state index in [0.29, 0.717) is 10.9 Å². The molecule has 0 aromatic heterocycles. The Hall–Kier alpha value is -1.91. The van der Waals surface area contributed by atoms with Crippen molar-refractivity contribution in [2.45, 2.75) is 19.4 Å². The third-order valence-electron chi connectivity index (χ3n) is 4.49. The van der Waals surface area contributed by atoms with Crippen molar-refractivity contribution in [3.63, 3.8) is 0 Å². The van der Waals surface area contributed by atoms with Gasteiger partial charge in [0, 0.05) is 11.1 Å². The molecule has 1 fully saturated rings. The first-order valence-corrected chi connectivity index (χ1v) is 8.49. The maximum absolute atomic E-state index is 14.4. The molecular weight excluding hydrogens is 327 g/mol. The van der Waals surface area contributed by atoms with Gasteiger partial charge in [0.05, 0.1) is 5.56 Å². The van der Waals surface area contributed by atoms with E-state index in [-0.39, 0.29) is 17.5 Å². The van der Waals surface area contributed by atoms with Crippen molar-refractivity contribution in [2.24, 2.45) is 5.92 Å². The van der Waals surface area contributed by atoms with Gasteiger partial charge in [-0.25, -0.2) is 4.39 Å². The molecule has 5 heteroatoms. The average Bonchev–Trinajstić information content (AvgIpc) is 2.57. The second kappa shape index (κ2) is 7.32. The number of benzene rings is 2. The smallest absolute Gasteiger partial charge is 0.254 e. The van der Waals surface area contributed by atoms with Gasteiger partial charge in [0.2, 0.25) is 0 Å². The Morgan fingerprint density at radius 1 is 1.21 bits per heavy atom. The predicted octanol–water partition coefficient (Wildman–Crippen LogP) is 3.87. The zero-order chi connectivity index (χ0) is 17.1. The molecule has 0 radical (unpaired) electrons. The van der Waals surface area contributed by atoms with Crippen molar-refractivity contribution in [1.82, 2.24) is 10.6 Å². The minimum Gasteiger partial charge on any atom is -0.349 e. The van der Waals surface area contributed by atoms with E-state index >= 15 is 0 Å². The normalized spacial score (nSPS) is 20.6. The summed E-state index contributed by atoms with van der Waals surface area (Å²) >= 11 is 5.87. The van der Waals surface area contributed by atoms with E-state index in [4.69, 9.17) is 11.6 Å². The highest BCUT2D eigenvalue weighted by Crippen LogP contribution is 2.24. The van der Waals surface area contributed by atoms with Crippen LogP contribution in [0.3, 0.4) is 0 Å². The Kier molecular flexibility index (Phi) is 5.17. The van der Waals surface area contributed by atoms with Crippen LogP contribution in [0.25, 0.3) is 11.1 Å². The van der Waals surface area contributed by atoms with Crippen molar-refractivity contribution < 1.29 is 9.18 Å². The number of halogens is 2. The van der Waals surface area contributed by atoms with Crippen LogP contribution < -0.4 is 10.6 Å². The van der Waals surface area contributed by atoms with E-state index in [9.17, 15) is 9.18 Å². The number of hydrogen-bond donors (Lipinski definition) is 2. The molecule has 0 spiro atoms. The second-order valence-electron chi connectivity index (χ2n) is 6.25. The Morgan fingerprint density at radius 3 is 2.58 bits per heavy atom. The summed E-state index contributed by atoms with van der Waals surface area (Å²) < 4.78 is 14.4. The Labute approximate surface area is 146 Å². The molecular formula is C19H20ClFN2O. The van der Waals surface area contributed by atoms with E-state index in [1.54, 1.807) is 24.3 Å². The van der Waals surface area contributed by atoms with Crippen molar-refractivity contribution >= 4 is 17.5 Å². The molecule has 3 rings (SSSR count). The van der Waals surface area contributed by atoms with E-state index < -0.39 is 5.82 Å². The lowest BCUT2D eigenvalue weighted by Crippen LogP contribution is -2.48. The summed E-state index contributed by atoms with van der Waals surface area (Å²) in [5, 5.41) is 6.87. The van der Waals surface area contributed by atoms with Gasteiger partial charge in [-0.3, -0.25) is 4.79 Å². The molecule has 0 bridgehead atoms. The fourth-order valence-electron chi connectivity index (χ4n) is 3.00. The molecule has 1 aliphatic heterocycles. The van der Waals surface area contributed by atoms with Crippen LogP contribution in [-0.2, 0) is 0 Å². The molecule has 1 amide bonds. The van der Waals surface area contributed by atoms with Crippen LogP contribution in [0, 0.1) is 11.7 Å². The minimum absolute atomic E-state index is 0.0779. The van der Waals surface area contributed by atoms with Gasteiger partial charge < -0.3 is 10.6 Å². The molecule has 1 saturated heterocycles. The highest BCUT2D eigenvalue weighted by Gasteiger charge is 2.24. The second-order valence-corrected chi connectivity index (χ2v) is 6.69. The summed E-state index contributed by atoms with van der Waals surface area (Å²) in [5.74, 6) is -0.533. The molecule has 2 aromatic carbocycles. The summed E-state index contributed by atoms with van der Waals surface area (Å²) in [4.78, 5) is 12.4. The molecule has 3 nitrogen and oxygen atoms in total. The van der Waals surface area contributed by atoms with Crippen LogP contribution >= 0.6 is 11.6 Å². The van der Waals surface area contributed by atoms with Crippen LogP contribution in [0.2, 0.25) is 5.02 Å². The van der Waals surface area contributed by atoms with Gasteiger partial charge in [-0.05, 0) is 60.8 Å². The van der Waals surface area contributed by atoms with Gasteiger partial charge in [-0.1, -0.05) is 36.7 Å². The van der Waals surface area contributed by atoms with Crippen LogP contribution in [0.4, 0.5) is 4.39 Å². The number of carbonyl (C=O) groups excluding carboxylic acids is 1. The molecule has 2 aromatic rings. The monoisotopic (exact) mass is 346 g/mol. The zero-order valence-corrected chi connectivity index (χ0v) is 14.2. The summed E-state index contributed by atoms with van der Waals surface area (Å²) in [6.45, 7) is 3.81. The SMILES string of the molecule is CC1CNCCC1NC(=O)c1ccc(-c2ccc(Cl)cc2)cc1F. The number of carbonyl (C=O) groups is 1. The van der Waals surface area contributed by atoms with Crippen molar-refractivity contribution in [3.05, 3.63) is 58.9 Å². The third kappa shape index (κ3) is 3.77. The Morgan fingerprint density at radius 2 is 1.92 bits per heavy atom. The van der Waals surface area contributed by atoms with E-state index in [1.165, 1.54) is 6.07 Å². The fourth-order valence-corrected chi connectivity index (χ4v) is 3.12. The number of amides is 1. The molecule has 1 aliphatic rings. The summed E-state index contributed by atoms with van der Waals surface area (Å²) in [7, 11) is 0. The minimum atomic E-state index is -0.512. The van der Waals surface area contributed by atoms with E-state index in [2.05, 4.69) is 17.6 Å². The van der Waals surface area contributed by atoms with Crippen molar-refractivity contribution in [2.75, 3.05) is 13.1 Å². The molecule has 126 valence electrons. The lowest BCUT2D eigenvalue weighted by Gasteiger charge is -2.30. The van der Waals surface area contributed by atoms with Gasteiger partial charge in [0.15, 0.2) is 0 Å². The number of hydrogen-bond acceptors (Lipinski definition) is 2. The lowest BCUT2D eigenvalue weighted by molar-refractivity contribution is 0.0910. The van der Waals surface area contributed by atoms with E-state index in [1.807, 2.05) is 12.1 Å². The van der Waals surface area contributed by atoms with Crippen LogP contribution in [0.5, 0.6) is 0 Å². The Bertz CT molecular complexity index is 733. The van der Waals surface area contributed by atoms with Gasteiger partial charge in [0.1, 0.15) is 5.82 Å². The molecule has 1 heterocycles. The Balaban J connectivity index is 1.76. The molecule has 0 saturated carbocycles. The maximum atomic E-state index is 14.4. The summed E-state index contributed by atoms with van der Waals surface area (Å²) in [5.41, 5.74) is 1.66. The number of nitrogens with one attached hydrogen (secondary N) is 2. The molecule has 24 heavy (non-hydrogen) atoms. The zero-order valence-electron chi connectivity index (χ0n) is 13.5. The first-order chi connectivity index (χ1) is 11.5. The quantitative estimate of drug-likeness (QED) is 0.885. The molecule has 2 atom stereocenters. The number of piperidine rings is 1. The fraction of sp³-hybridized carbons (Fsp3) is 0.316. The van der Waals surface area contributed by atoms with Gasteiger partial charge >= 0.3 is 0 Å². The maximum Gasteiger partial charge on any atom is 0.254 e. The van der Waals surface area contributed by atoms with Crippen LogP contribution in [0.15, 0.2) is 42.5 Å². The largest absolute Gasteiger partial charge is 0.349 e. The summed E-state index contributed by atoms with van der Waals surface area (Å²) in [6.07, 6.45) is 0.859. The standard InChI is InChI=1S/C19H20ClFN2O/c1-12-11-22-9-8-18(12)23-19(24)16-7-4-14(10-17(16)21)13-2-5-15(20)6-3-13/h2-7,10,12,18,22H,8-9,11H2,1H3,(H,23,24). The topological polar surface area (TPSA) is 41.1 Å². The average molecular weight is 347 g/mol. The predicted molar refractivity (Wildman–Crippen MR) is 94.8 cm³/mol. The first-order valence-electron chi connectivity index (χ1n) is 8.11. The van der Waals surface area contributed by atoms with Crippen LogP contribution in [0.1, 0.15) is 23.7 Å². The molecule has 2 unspecified atom stereocenters. The first kappa shape index (κ1) is 16.9. The van der Waals surface area contributed by atoms with Crippen molar-refractivity contribution in [1.29, 1.82) is 0 Å². The van der Waals surface area contributed by atoms with Gasteiger partial charge in [0.25, 0.3) is 5.91 Å². The molecule has 0 aliphatic carbocycles. The third-order valence-corrected chi connectivity index (χ3v) is 4.75. The van der Waals surface area contributed by atoms with E-state index in [0.717, 1.165) is 30.6 Å². The lowest BCUT2D eigenvalue weighted by atomic mass is 9.95. The van der Waals surface area contributed by atoms with Gasteiger partial charge in [-0.2, -0.15) is 0 Å².